The molecule has 0 atom stereocenters. The minimum Gasteiger partial charge on any atom is -0.396 e. The van der Waals surface area contributed by atoms with Gasteiger partial charge in [-0.25, -0.2) is 4.98 Å². The average molecular weight is 236 g/mol. The van der Waals surface area contributed by atoms with Crippen molar-refractivity contribution in [1.82, 2.24) is 4.98 Å². The molecule has 0 aliphatic carbocycles. The molecule has 1 heterocycles. The number of nitrogen functional groups attached to an aromatic ring is 1. The second kappa shape index (κ2) is 6.08. The summed E-state index contributed by atoms with van der Waals surface area (Å²) >= 11 is 0. The molecular weight excluding hydrogens is 216 g/mol. The molecule has 0 aliphatic heterocycles. The van der Waals surface area contributed by atoms with Crippen LogP contribution in [0.2, 0.25) is 0 Å². The van der Waals surface area contributed by atoms with Crippen LogP contribution in [0.5, 0.6) is 0 Å². The van der Waals surface area contributed by atoms with Crippen LogP contribution in [-0.2, 0) is 0 Å². The number of amides is 1. The second-order valence-corrected chi connectivity index (χ2v) is 4.10. The molecule has 5 nitrogen and oxygen atoms in total. The van der Waals surface area contributed by atoms with E-state index in [2.05, 4.69) is 11.9 Å². The van der Waals surface area contributed by atoms with Crippen molar-refractivity contribution < 1.29 is 4.79 Å². The number of primary amides is 1. The molecule has 0 unspecified atom stereocenters. The number of aromatic nitrogens is 1. The van der Waals surface area contributed by atoms with Crippen LogP contribution < -0.4 is 16.4 Å². The molecule has 1 amide bonds. The van der Waals surface area contributed by atoms with Crippen LogP contribution in [0.3, 0.4) is 0 Å². The quantitative estimate of drug-likeness (QED) is 0.731. The van der Waals surface area contributed by atoms with Crippen molar-refractivity contribution in [3.63, 3.8) is 0 Å². The summed E-state index contributed by atoms with van der Waals surface area (Å²) in [5, 5.41) is 0. The lowest BCUT2D eigenvalue weighted by Crippen LogP contribution is -2.23. The largest absolute Gasteiger partial charge is 0.396 e. The summed E-state index contributed by atoms with van der Waals surface area (Å²) < 4.78 is 0. The van der Waals surface area contributed by atoms with E-state index in [0.29, 0.717) is 11.5 Å². The predicted molar refractivity (Wildman–Crippen MR) is 70.0 cm³/mol. The molecule has 0 aliphatic rings. The molecule has 1 aromatic rings. The first-order valence-corrected chi connectivity index (χ1v) is 5.83. The first kappa shape index (κ1) is 13.3. The van der Waals surface area contributed by atoms with Gasteiger partial charge in [-0.1, -0.05) is 19.8 Å². The maximum Gasteiger partial charge on any atom is 0.267 e. The van der Waals surface area contributed by atoms with E-state index in [-0.39, 0.29) is 5.69 Å². The summed E-state index contributed by atoms with van der Waals surface area (Å²) in [4.78, 5) is 17.2. The highest BCUT2D eigenvalue weighted by Crippen LogP contribution is 2.19. The number of hydrogen-bond donors (Lipinski definition) is 2. The fourth-order valence-corrected chi connectivity index (χ4v) is 1.61. The Morgan fingerprint density at radius 1 is 1.41 bits per heavy atom. The van der Waals surface area contributed by atoms with E-state index in [1.807, 2.05) is 11.9 Å². The molecule has 0 spiro atoms. The lowest BCUT2D eigenvalue weighted by molar-refractivity contribution is 0.0995. The average Bonchev–Trinajstić information content (AvgIpc) is 2.29. The Kier molecular flexibility index (Phi) is 4.75. The SMILES string of the molecule is CCCCCN(C)c1nc(C(N)=O)ccc1N. The lowest BCUT2D eigenvalue weighted by Gasteiger charge is -2.20. The molecule has 5 heteroatoms. The number of carbonyl (C=O) groups is 1. The minimum absolute atomic E-state index is 0.247. The number of rotatable bonds is 6. The van der Waals surface area contributed by atoms with Gasteiger partial charge in [0.15, 0.2) is 5.82 Å². The first-order chi connectivity index (χ1) is 8.06. The van der Waals surface area contributed by atoms with Gasteiger partial charge in [0.1, 0.15) is 5.69 Å². The molecule has 4 N–H and O–H groups in total. The van der Waals surface area contributed by atoms with E-state index in [1.54, 1.807) is 12.1 Å². The van der Waals surface area contributed by atoms with Crippen LogP contribution in [0.4, 0.5) is 11.5 Å². The Balaban J connectivity index is 2.80. The molecule has 0 aromatic carbocycles. The number of nitrogens with two attached hydrogens (primary N) is 2. The van der Waals surface area contributed by atoms with Gasteiger partial charge in [0, 0.05) is 13.6 Å². The van der Waals surface area contributed by atoms with Crippen molar-refractivity contribution in [2.24, 2.45) is 5.73 Å². The van der Waals surface area contributed by atoms with Crippen molar-refractivity contribution in [2.45, 2.75) is 26.2 Å². The van der Waals surface area contributed by atoms with Crippen molar-refractivity contribution in [3.8, 4) is 0 Å². The zero-order valence-corrected chi connectivity index (χ0v) is 10.4. The van der Waals surface area contributed by atoms with E-state index in [9.17, 15) is 4.79 Å². The summed E-state index contributed by atoms with van der Waals surface area (Å²) in [5.74, 6) is 0.0885. The highest BCUT2D eigenvalue weighted by atomic mass is 16.1. The standard InChI is InChI=1S/C12H20N4O/c1-3-4-5-8-16(2)12-9(13)6-7-10(15-12)11(14)17/h6-7H,3-5,8,13H2,1-2H3,(H2,14,17). The summed E-state index contributed by atoms with van der Waals surface area (Å²) in [6, 6.07) is 3.21. The topological polar surface area (TPSA) is 85.2 Å². The molecule has 0 bridgehead atoms. The van der Waals surface area contributed by atoms with Crippen molar-refractivity contribution >= 4 is 17.4 Å². The second-order valence-electron chi connectivity index (χ2n) is 4.10. The van der Waals surface area contributed by atoms with Gasteiger partial charge in [-0.15, -0.1) is 0 Å². The Bertz CT molecular complexity index is 392. The number of anilines is 2. The van der Waals surface area contributed by atoms with Gasteiger partial charge >= 0.3 is 0 Å². The number of nitrogens with zero attached hydrogens (tertiary/aromatic N) is 2. The number of unbranched alkanes of at least 4 members (excludes halogenated alkanes) is 2. The van der Waals surface area contributed by atoms with Gasteiger partial charge in [0.05, 0.1) is 5.69 Å². The molecule has 0 saturated carbocycles. The summed E-state index contributed by atoms with van der Waals surface area (Å²) in [7, 11) is 1.92. The van der Waals surface area contributed by atoms with Gasteiger partial charge in [0.25, 0.3) is 5.91 Å². The van der Waals surface area contributed by atoms with Crippen molar-refractivity contribution in [3.05, 3.63) is 17.8 Å². The molecule has 94 valence electrons. The minimum atomic E-state index is -0.534. The fourth-order valence-electron chi connectivity index (χ4n) is 1.61. The maximum atomic E-state index is 11.0. The Labute approximate surface area is 102 Å². The molecule has 1 rings (SSSR count). The van der Waals surface area contributed by atoms with Crippen LogP contribution in [0.25, 0.3) is 0 Å². The van der Waals surface area contributed by atoms with Gasteiger partial charge < -0.3 is 16.4 Å². The van der Waals surface area contributed by atoms with Crippen LogP contribution in [0, 0.1) is 0 Å². The lowest BCUT2D eigenvalue weighted by atomic mass is 10.2. The van der Waals surface area contributed by atoms with Crippen LogP contribution in [0.1, 0.15) is 36.7 Å². The zero-order valence-electron chi connectivity index (χ0n) is 10.4. The third-order valence-electron chi connectivity index (χ3n) is 2.62. The van der Waals surface area contributed by atoms with Gasteiger partial charge in [-0.05, 0) is 18.6 Å². The number of carbonyl (C=O) groups excluding carboxylic acids is 1. The monoisotopic (exact) mass is 236 g/mol. The molecule has 0 radical (unpaired) electrons. The summed E-state index contributed by atoms with van der Waals surface area (Å²) in [6.07, 6.45) is 3.41. The van der Waals surface area contributed by atoms with Gasteiger partial charge in [-0.3, -0.25) is 4.79 Å². The van der Waals surface area contributed by atoms with E-state index in [1.165, 1.54) is 6.42 Å². The van der Waals surface area contributed by atoms with Crippen LogP contribution in [0.15, 0.2) is 12.1 Å². The normalized spacial score (nSPS) is 10.2. The third-order valence-corrected chi connectivity index (χ3v) is 2.62. The number of pyridine rings is 1. The van der Waals surface area contributed by atoms with Crippen molar-refractivity contribution in [1.29, 1.82) is 0 Å². The van der Waals surface area contributed by atoms with Crippen molar-refractivity contribution in [2.75, 3.05) is 24.2 Å². The zero-order chi connectivity index (χ0) is 12.8. The third kappa shape index (κ3) is 3.62. The van der Waals surface area contributed by atoms with Gasteiger partial charge in [-0.2, -0.15) is 0 Å². The fraction of sp³-hybridized carbons (Fsp3) is 0.500. The molecular formula is C12H20N4O. The van der Waals surface area contributed by atoms with E-state index in [0.717, 1.165) is 19.4 Å². The van der Waals surface area contributed by atoms with E-state index >= 15 is 0 Å². The Hall–Kier alpha value is -1.78. The Morgan fingerprint density at radius 2 is 2.12 bits per heavy atom. The highest BCUT2D eigenvalue weighted by Gasteiger charge is 2.10. The highest BCUT2D eigenvalue weighted by molar-refractivity contribution is 5.91. The first-order valence-electron chi connectivity index (χ1n) is 5.83. The Morgan fingerprint density at radius 3 is 2.71 bits per heavy atom. The van der Waals surface area contributed by atoms with Crippen LogP contribution in [-0.4, -0.2) is 24.5 Å². The van der Waals surface area contributed by atoms with Gasteiger partial charge in [0.2, 0.25) is 0 Å². The maximum absolute atomic E-state index is 11.0. The summed E-state index contributed by atoms with van der Waals surface area (Å²) in [6.45, 7) is 3.02. The van der Waals surface area contributed by atoms with E-state index < -0.39 is 5.91 Å². The molecule has 0 fully saturated rings. The number of hydrogen-bond acceptors (Lipinski definition) is 4. The predicted octanol–water partition coefficient (Wildman–Crippen LogP) is 1.39. The molecule has 0 saturated heterocycles. The van der Waals surface area contributed by atoms with Crippen LogP contribution >= 0.6 is 0 Å². The molecule has 17 heavy (non-hydrogen) atoms. The molecule has 1 aromatic heterocycles. The van der Waals surface area contributed by atoms with E-state index in [4.69, 9.17) is 11.5 Å². The summed E-state index contributed by atoms with van der Waals surface area (Å²) in [5.41, 5.74) is 11.8. The smallest absolute Gasteiger partial charge is 0.267 e.